The van der Waals surface area contributed by atoms with Crippen molar-refractivity contribution in [3.8, 4) is 10.4 Å². The highest BCUT2D eigenvalue weighted by Gasteiger charge is 2.21. The molecule has 160 valence electrons. The molecule has 2 aromatic carbocycles. The van der Waals surface area contributed by atoms with Crippen molar-refractivity contribution in [3.05, 3.63) is 67.0 Å². The van der Waals surface area contributed by atoms with Gasteiger partial charge in [-0.3, -0.25) is 9.59 Å². The number of rotatable bonds is 6. The van der Waals surface area contributed by atoms with Crippen LogP contribution in [0, 0.1) is 0 Å². The third-order valence-electron chi connectivity index (χ3n) is 5.23. The topological polar surface area (TPSA) is 75.2 Å². The number of benzene rings is 2. The van der Waals surface area contributed by atoms with Crippen molar-refractivity contribution in [2.24, 2.45) is 0 Å². The molecule has 32 heavy (non-hydrogen) atoms. The molecule has 8 heteroatoms. The van der Waals surface area contributed by atoms with E-state index >= 15 is 0 Å². The Kier molecular flexibility index (Phi) is 5.87. The Labute approximate surface area is 193 Å². The van der Waals surface area contributed by atoms with Gasteiger partial charge in [0.05, 0.1) is 5.75 Å². The van der Waals surface area contributed by atoms with Gasteiger partial charge in [0.2, 0.25) is 11.8 Å². The van der Waals surface area contributed by atoms with Crippen molar-refractivity contribution in [2.45, 2.75) is 17.9 Å². The summed E-state index contributed by atoms with van der Waals surface area (Å²) in [5, 5.41) is 4.68. The lowest BCUT2D eigenvalue weighted by Gasteiger charge is -2.16. The molecule has 0 radical (unpaired) electrons. The molecule has 0 saturated carbocycles. The number of hydrogen-bond acceptors (Lipinski definition) is 6. The van der Waals surface area contributed by atoms with Gasteiger partial charge in [0.25, 0.3) is 0 Å². The molecule has 1 N–H and O–H groups in total. The van der Waals surface area contributed by atoms with E-state index in [-0.39, 0.29) is 17.6 Å². The molecule has 6 nitrogen and oxygen atoms in total. The van der Waals surface area contributed by atoms with Crippen molar-refractivity contribution in [2.75, 3.05) is 22.5 Å². The van der Waals surface area contributed by atoms with Crippen LogP contribution in [0.25, 0.3) is 20.7 Å². The summed E-state index contributed by atoms with van der Waals surface area (Å²) in [4.78, 5) is 37.0. The number of fused-ring (bicyclic) bond motifs is 1. The first-order valence-electron chi connectivity index (χ1n) is 10.3. The van der Waals surface area contributed by atoms with E-state index in [1.807, 2.05) is 42.5 Å². The lowest BCUT2D eigenvalue weighted by Crippen LogP contribution is -2.23. The maximum absolute atomic E-state index is 12.5. The third-order valence-corrected chi connectivity index (χ3v) is 7.32. The van der Waals surface area contributed by atoms with Crippen molar-refractivity contribution in [3.63, 3.8) is 0 Å². The molecule has 0 aliphatic carbocycles. The molecule has 0 bridgehead atoms. The predicted octanol–water partition coefficient (Wildman–Crippen LogP) is 5.22. The average Bonchev–Trinajstić information content (AvgIpc) is 3.45. The Hall–Kier alpha value is -3.23. The molecule has 0 atom stereocenters. The summed E-state index contributed by atoms with van der Waals surface area (Å²) < 4.78 is 0. The lowest BCUT2D eigenvalue weighted by atomic mass is 10.2. The number of thiophene rings is 1. The number of aromatic nitrogens is 2. The fourth-order valence-electron chi connectivity index (χ4n) is 3.67. The number of carbonyl (C=O) groups excluding carboxylic acids is 2. The second-order valence-corrected chi connectivity index (χ2v) is 9.40. The lowest BCUT2D eigenvalue weighted by molar-refractivity contribution is -0.117. The molecule has 4 aromatic rings. The number of carbonyl (C=O) groups is 2. The fraction of sp³-hybridized carbons (Fsp3) is 0.167. The largest absolute Gasteiger partial charge is 0.325 e. The normalized spacial score (nSPS) is 13.6. The molecule has 5 rings (SSSR count). The van der Waals surface area contributed by atoms with Crippen LogP contribution in [0.2, 0.25) is 0 Å². The first-order valence-corrected chi connectivity index (χ1v) is 12.1. The second-order valence-electron chi connectivity index (χ2n) is 7.41. The number of amides is 2. The number of anilines is 2. The maximum Gasteiger partial charge on any atom is 0.234 e. The third kappa shape index (κ3) is 4.37. The van der Waals surface area contributed by atoms with Gasteiger partial charge in [0.1, 0.15) is 16.2 Å². The van der Waals surface area contributed by atoms with Gasteiger partial charge < -0.3 is 10.2 Å². The zero-order valence-electron chi connectivity index (χ0n) is 17.2. The van der Waals surface area contributed by atoms with Gasteiger partial charge in [-0.25, -0.2) is 9.97 Å². The van der Waals surface area contributed by atoms with Gasteiger partial charge in [-0.15, -0.1) is 11.3 Å². The molecule has 1 fully saturated rings. The number of thioether (sulfide) groups is 1. The van der Waals surface area contributed by atoms with Crippen molar-refractivity contribution in [1.82, 2.24) is 9.97 Å². The standard InChI is InChI=1S/C24H20N4O2S2/c29-21(27-17-8-10-18(11-9-17)28-12-4-7-22(28)30)14-31-23-19-13-20(16-5-2-1-3-6-16)32-24(19)26-15-25-23/h1-3,5-6,8-11,13,15H,4,7,12,14H2,(H,27,29). The molecule has 0 spiro atoms. The number of nitrogens with zero attached hydrogens (tertiary/aromatic N) is 3. The van der Waals surface area contributed by atoms with Crippen LogP contribution in [0.4, 0.5) is 11.4 Å². The van der Waals surface area contributed by atoms with E-state index in [2.05, 4.69) is 33.5 Å². The molecule has 2 amide bonds. The van der Waals surface area contributed by atoms with E-state index in [1.165, 1.54) is 11.8 Å². The number of nitrogens with one attached hydrogen (secondary N) is 1. The van der Waals surface area contributed by atoms with E-state index in [0.29, 0.717) is 12.1 Å². The van der Waals surface area contributed by atoms with Crippen molar-refractivity contribution < 1.29 is 9.59 Å². The van der Waals surface area contributed by atoms with Gasteiger partial charge in [0, 0.05) is 34.6 Å². The van der Waals surface area contributed by atoms with Gasteiger partial charge in [0.15, 0.2) is 0 Å². The van der Waals surface area contributed by atoms with Crippen LogP contribution in [0.1, 0.15) is 12.8 Å². The summed E-state index contributed by atoms with van der Waals surface area (Å²) in [5.41, 5.74) is 2.72. The molecule has 1 saturated heterocycles. The summed E-state index contributed by atoms with van der Waals surface area (Å²) in [6, 6.07) is 19.7. The van der Waals surface area contributed by atoms with Crippen LogP contribution in [0.15, 0.2) is 72.0 Å². The van der Waals surface area contributed by atoms with Crippen LogP contribution >= 0.6 is 23.1 Å². The summed E-state index contributed by atoms with van der Waals surface area (Å²) >= 11 is 3.02. The first-order chi connectivity index (χ1) is 15.7. The molecule has 1 aliphatic rings. The van der Waals surface area contributed by atoms with E-state index in [9.17, 15) is 9.59 Å². The molecular formula is C24H20N4O2S2. The zero-order valence-corrected chi connectivity index (χ0v) is 18.8. The Balaban J connectivity index is 1.24. The Morgan fingerprint density at radius 3 is 2.66 bits per heavy atom. The van der Waals surface area contributed by atoms with Crippen LogP contribution in [0.5, 0.6) is 0 Å². The van der Waals surface area contributed by atoms with Crippen LogP contribution in [0.3, 0.4) is 0 Å². The smallest absolute Gasteiger partial charge is 0.234 e. The van der Waals surface area contributed by atoms with Gasteiger partial charge in [-0.05, 0) is 42.3 Å². The summed E-state index contributed by atoms with van der Waals surface area (Å²) in [5.74, 6) is 0.290. The molecule has 2 aromatic heterocycles. The van der Waals surface area contributed by atoms with E-state index in [4.69, 9.17) is 0 Å². The summed E-state index contributed by atoms with van der Waals surface area (Å²) in [6.45, 7) is 0.753. The minimum atomic E-state index is -0.106. The van der Waals surface area contributed by atoms with Crippen molar-refractivity contribution >= 4 is 56.5 Å². The Bertz CT molecular complexity index is 1270. The van der Waals surface area contributed by atoms with Crippen LogP contribution in [-0.2, 0) is 9.59 Å². The molecule has 1 aliphatic heterocycles. The minimum Gasteiger partial charge on any atom is -0.325 e. The monoisotopic (exact) mass is 460 g/mol. The van der Waals surface area contributed by atoms with Crippen LogP contribution in [-0.4, -0.2) is 34.1 Å². The summed E-state index contributed by atoms with van der Waals surface area (Å²) in [7, 11) is 0. The molecule has 3 heterocycles. The number of hydrogen-bond donors (Lipinski definition) is 1. The molecular weight excluding hydrogens is 440 g/mol. The Morgan fingerprint density at radius 1 is 1.09 bits per heavy atom. The quantitative estimate of drug-likeness (QED) is 0.316. The first kappa shape index (κ1) is 20.7. The van der Waals surface area contributed by atoms with Gasteiger partial charge in [-0.2, -0.15) is 0 Å². The minimum absolute atomic E-state index is 0.106. The highest BCUT2D eigenvalue weighted by molar-refractivity contribution is 8.00. The molecule has 0 unspecified atom stereocenters. The van der Waals surface area contributed by atoms with E-state index in [0.717, 1.165) is 44.3 Å². The zero-order chi connectivity index (χ0) is 21.9. The van der Waals surface area contributed by atoms with E-state index < -0.39 is 0 Å². The van der Waals surface area contributed by atoms with Gasteiger partial charge >= 0.3 is 0 Å². The fourth-order valence-corrected chi connectivity index (χ4v) is 5.51. The average molecular weight is 461 g/mol. The SMILES string of the molecule is O=C(CSc1ncnc2sc(-c3ccccc3)cc12)Nc1ccc(N2CCCC2=O)cc1. The maximum atomic E-state index is 12.5. The summed E-state index contributed by atoms with van der Waals surface area (Å²) in [6.07, 6.45) is 3.04. The van der Waals surface area contributed by atoms with E-state index in [1.54, 1.807) is 22.6 Å². The van der Waals surface area contributed by atoms with Crippen LogP contribution < -0.4 is 10.2 Å². The van der Waals surface area contributed by atoms with Gasteiger partial charge in [-0.1, -0.05) is 42.1 Å². The second kappa shape index (κ2) is 9.10. The Morgan fingerprint density at radius 2 is 1.91 bits per heavy atom. The predicted molar refractivity (Wildman–Crippen MR) is 130 cm³/mol. The highest BCUT2D eigenvalue weighted by Crippen LogP contribution is 2.36. The van der Waals surface area contributed by atoms with Crippen molar-refractivity contribution in [1.29, 1.82) is 0 Å². The highest BCUT2D eigenvalue weighted by atomic mass is 32.2.